The van der Waals surface area contributed by atoms with Gasteiger partial charge in [0.2, 0.25) is 0 Å². The Labute approximate surface area is 382 Å². The maximum atomic E-state index is 5.88. The molecule has 0 fully saturated rings. The summed E-state index contributed by atoms with van der Waals surface area (Å²) in [5.74, 6) is 3.09. The van der Waals surface area contributed by atoms with Gasteiger partial charge in [0.05, 0.1) is 22.8 Å². The van der Waals surface area contributed by atoms with Crippen molar-refractivity contribution >= 4 is 44.4 Å². The van der Waals surface area contributed by atoms with Gasteiger partial charge in [-0.1, -0.05) is 104 Å². The van der Waals surface area contributed by atoms with Gasteiger partial charge in [-0.05, 0) is 168 Å². The van der Waals surface area contributed by atoms with Crippen LogP contribution in [-0.4, -0.2) is 19.9 Å². The zero-order chi connectivity index (χ0) is 43.7. The summed E-state index contributed by atoms with van der Waals surface area (Å²) in [5.41, 5.74) is 23.2. The smallest absolute Gasteiger partial charge is 0.0700 e. The SMILES string of the molecule is CCC1(CC)CC2C=CC1C1=C2c2cc3nc(cc4[nH]c(cc5[nH]c(cc1n2)c1c5C2C=CC1C(CC)(CC)C2)c1c4C2C=CC1CC2(CC)CC)C1=C3C2C=CC1C(CC)(CC)C2. The first-order chi connectivity index (χ1) is 31.2. The topological polar surface area (TPSA) is 57.4 Å². The average Bonchev–Trinajstić information content (AvgIpc) is 4.12. The molecule has 5 heterocycles. The standard InChI is InChI=1S/C60H70N4/c1-9-57(10-2)29-33-17-21-37(57)53-45-27-46-54-38-22-18-35(31-58(38,11-3)12-4)51(54)43(62-46)26-44-52-36-20-24-40(60(15-7,16-8)32-36)56(52)48(64-44)28-47-55-39-23-19-34(30-59(39,13-5)14-6)50(55)42(63-47)25-41(61-45)49(33)53/h17-28,33-40,61,63H,9-16,29-32H2,1-8H3. The summed E-state index contributed by atoms with van der Waals surface area (Å²) in [6.45, 7) is 19.6. The summed E-state index contributed by atoms with van der Waals surface area (Å²) in [7, 11) is 0. The minimum absolute atomic E-state index is 0.259. The summed E-state index contributed by atoms with van der Waals surface area (Å²) >= 11 is 0. The summed E-state index contributed by atoms with van der Waals surface area (Å²) < 4.78 is 0. The molecule has 8 atom stereocenters. The molecule has 3 aromatic heterocycles. The molecule has 3 aromatic rings. The minimum Gasteiger partial charge on any atom is -0.355 e. The van der Waals surface area contributed by atoms with Crippen LogP contribution in [0, 0.1) is 45.3 Å². The summed E-state index contributed by atoms with van der Waals surface area (Å²) in [6.07, 6.45) is 35.1. The Bertz CT molecular complexity index is 2700. The van der Waals surface area contributed by atoms with Crippen molar-refractivity contribution in [2.75, 3.05) is 0 Å². The van der Waals surface area contributed by atoms with Crippen LogP contribution in [0.2, 0.25) is 0 Å². The van der Waals surface area contributed by atoms with Gasteiger partial charge in [0, 0.05) is 69.4 Å². The van der Waals surface area contributed by atoms with Crippen LogP contribution >= 0.6 is 0 Å². The van der Waals surface area contributed by atoms with Crippen LogP contribution in [0.3, 0.4) is 0 Å². The van der Waals surface area contributed by atoms with Crippen molar-refractivity contribution in [2.24, 2.45) is 45.3 Å². The van der Waals surface area contributed by atoms with Crippen molar-refractivity contribution in [2.45, 2.75) is 156 Å². The number of hydrogen-bond donors (Lipinski definition) is 2. The van der Waals surface area contributed by atoms with Crippen molar-refractivity contribution in [3.05, 3.63) is 118 Å². The minimum atomic E-state index is 0.259. The summed E-state index contributed by atoms with van der Waals surface area (Å²) in [6, 6.07) is 10.1. The third kappa shape index (κ3) is 4.81. The van der Waals surface area contributed by atoms with E-state index in [1.165, 1.54) is 144 Å². The molecule has 0 aromatic carbocycles. The lowest BCUT2D eigenvalue weighted by Crippen LogP contribution is -2.38. The number of nitrogens with one attached hydrogen (secondary N) is 2. The van der Waals surface area contributed by atoms with E-state index in [0.29, 0.717) is 47.3 Å². The molecular weight excluding hydrogens is 777 g/mol. The molecule has 12 aliphatic carbocycles. The van der Waals surface area contributed by atoms with Crippen molar-refractivity contribution in [3.8, 4) is 0 Å². The highest BCUT2D eigenvalue weighted by molar-refractivity contribution is 6.02. The van der Waals surface area contributed by atoms with Gasteiger partial charge in [-0.25, -0.2) is 9.97 Å². The fourth-order valence-corrected chi connectivity index (χ4v) is 17.2. The van der Waals surface area contributed by atoms with Gasteiger partial charge >= 0.3 is 0 Å². The monoisotopic (exact) mass is 847 g/mol. The predicted molar refractivity (Wildman–Crippen MR) is 267 cm³/mol. The number of aromatic amines is 2. The first-order valence-electron chi connectivity index (χ1n) is 26.2. The number of nitrogens with zero attached hydrogens (tertiary/aromatic N) is 2. The molecule has 330 valence electrons. The van der Waals surface area contributed by atoms with E-state index in [0.717, 1.165) is 0 Å². The molecule has 4 heteroatoms. The van der Waals surface area contributed by atoms with Crippen LogP contribution in [0.1, 0.15) is 201 Å². The zero-order valence-electron chi connectivity index (χ0n) is 39.9. The van der Waals surface area contributed by atoms with Gasteiger partial charge in [0.25, 0.3) is 0 Å². The second-order valence-electron chi connectivity index (χ2n) is 22.5. The van der Waals surface area contributed by atoms with Gasteiger partial charge in [0.15, 0.2) is 0 Å². The van der Waals surface area contributed by atoms with E-state index < -0.39 is 0 Å². The largest absolute Gasteiger partial charge is 0.355 e. The highest BCUT2D eigenvalue weighted by atomic mass is 14.8. The third-order valence-corrected chi connectivity index (χ3v) is 21.2. The van der Waals surface area contributed by atoms with E-state index in [-0.39, 0.29) is 21.7 Å². The van der Waals surface area contributed by atoms with E-state index in [1.54, 1.807) is 22.3 Å². The molecule has 16 bridgehead atoms. The lowest BCUT2D eigenvalue weighted by Gasteiger charge is -2.49. The van der Waals surface area contributed by atoms with E-state index in [1.807, 2.05) is 0 Å². The Morgan fingerprint density at radius 3 is 1.06 bits per heavy atom. The normalized spacial score (nSPS) is 31.5. The van der Waals surface area contributed by atoms with Crippen molar-refractivity contribution < 1.29 is 0 Å². The molecule has 0 radical (unpaired) electrons. The summed E-state index contributed by atoms with van der Waals surface area (Å²) in [4.78, 5) is 20.3. The molecule has 17 rings (SSSR count). The van der Waals surface area contributed by atoms with E-state index in [4.69, 9.17) is 9.97 Å². The Morgan fingerprint density at radius 1 is 0.359 bits per heavy atom. The van der Waals surface area contributed by atoms with Crippen LogP contribution in [0.15, 0.2) is 72.9 Å². The molecule has 8 unspecified atom stereocenters. The molecule has 2 aliphatic heterocycles. The molecular formula is C60H70N4. The van der Waals surface area contributed by atoms with Crippen LogP contribution < -0.4 is 0 Å². The van der Waals surface area contributed by atoms with Gasteiger partial charge in [0.1, 0.15) is 0 Å². The van der Waals surface area contributed by atoms with E-state index >= 15 is 0 Å². The molecule has 2 N–H and O–H groups in total. The number of H-pyrrole nitrogens is 2. The zero-order valence-corrected chi connectivity index (χ0v) is 39.9. The van der Waals surface area contributed by atoms with Crippen LogP contribution in [-0.2, 0) is 0 Å². The maximum Gasteiger partial charge on any atom is 0.0700 e. The first kappa shape index (κ1) is 39.9. The van der Waals surface area contributed by atoms with Crippen LogP contribution in [0.4, 0.5) is 0 Å². The Kier molecular flexibility index (Phi) is 8.46. The van der Waals surface area contributed by atoms with Crippen molar-refractivity contribution in [1.82, 2.24) is 19.9 Å². The lowest BCUT2D eigenvalue weighted by atomic mass is 9.54. The molecule has 64 heavy (non-hydrogen) atoms. The Hall–Kier alpha value is -4.44. The quantitative estimate of drug-likeness (QED) is 0.222. The second kappa shape index (κ2) is 13.6. The highest BCUT2D eigenvalue weighted by Crippen LogP contribution is 2.66. The molecule has 4 nitrogen and oxygen atoms in total. The second-order valence-corrected chi connectivity index (χ2v) is 22.5. The van der Waals surface area contributed by atoms with Crippen LogP contribution in [0.25, 0.3) is 44.4 Å². The number of aromatic nitrogens is 4. The first-order valence-corrected chi connectivity index (χ1v) is 26.2. The van der Waals surface area contributed by atoms with Gasteiger partial charge in [-0.3, -0.25) is 0 Å². The van der Waals surface area contributed by atoms with Gasteiger partial charge < -0.3 is 9.97 Å². The number of allylic oxidation sites excluding steroid dienone is 12. The summed E-state index contributed by atoms with van der Waals surface area (Å²) in [5, 5.41) is 0. The number of rotatable bonds is 8. The molecule has 14 aliphatic rings. The number of fused-ring (bicyclic) bond motifs is 12. The fourth-order valence-electron chi connectivity index (χ4n) is 17.2. The average molecular weight is 847 g/mol. The van der Waals surface area contributed by atoms with Crippen molar-refractivity contribution in [3.63, 3.8) is 0 Å². The maximum absolute atomic E-state index is 5.88. The van der Waals surface area contributed by atoms with E-state index in [9.17, 15) is 0 Å². The molecule has 0 saturated heterocycles. The highest BCUT2D eigenvalue weighted by Gasteiger charge is 2.53. The third-order valence-electron chi connectivity index (χ3n) is 21.2. The fraction of sp³-hybridized carbons (Fsp3) is 0.533. The van der Waals surface area contributed by atoms with Crippen LogP contribution in [0.5, 0.6) is 0 Å². The molecule has 0 spiro atoms. The molecule has 0 saturated carbocycles. The Balaban J connectivity index is 1.17. The Morgan fingerprint density at radius 2 is 0.672 bits per heavy atom. The van der Waals surface area contributed by atoms with Gasteiger partial charge in [-0.2, -0.15) is 0 Å². The van der Waals surface area contributed by atoms with Gasteiger partial charge in [-0.15, -0.1) is 0 Å². The lowest BCUT2D eigenvalue weighted by molar-refractivity contribution is 0.167. The number of hydrogen-bond acceptors (Lipinski definition) is 2. The van der Waals surface area contributed by atoms with E-state index in [2.05, 4.69) is 138 Å². The molecule has 0 amide bonds. The predicted octanol–water partition coefficient (Wildman–Crippen LogP) is 16.1. The van der Waals surface area contributed by atoms with Crippen molar-refractivity contribution in [1.29, 1.82) is 0 Å².